The monoisotopic (exact) mass is 421 g/mol. The van der Waals surface area contributed by atoms with E-state index in [1.807, 2.05) is 20.8 Å². The minimum Gasteiger partial charge on any atom is -0.375 e. The Morgan fingerprint density at radius 3 is 2.69 bits per heavy atom. The van der Waals surface area contributed by atoms with Crippen LogP contribution in [-0.4, -0.2) is 61.5 Å². The second kappa shape index (κ2) is 8.66. The smallest absolute Gasteiger partial charge is 0.332 e. The van der Waals surface area contributed by atoms with Crippen molar-refractivity contribution in [3.63, 3.8) is 0 Å². The van der Waals surface area contributed by atoms with Crippen LogP contribution in [0.25, 0.3) is 11.0 Å². The molecule has 9 nitrogen and oxygen atoms in total. The lowest BCUT2D eigenvalue weighted by Gasteiger charge is -2.31. The maximum Gasteiger partial charge on any atom is 0.332 e. The second-order valence-corrected chi connectivity index (χ2v) is 8.70. The van der Waals surface area contributed by atoms with Gasteiger partial charge < -0.3 is 9.64 Å². The fraction of sp³-hybridized carbons (Fsp3) is 0.632. The van der Waals surface area contributed by atoms with Crippen LogP contribution in [0.5, 0.6) is 0 Å². The van der Waals surface area contributed by atoms with E-state index < -0.39 is 11.2 Å². The zero-order valence-electron chi connectivity index (χ0n) is 17.5. The van der Waals surface area contributed by atoms with E-state index in [-0.39, 0.29) is 29.1 Å². The van der Waals surface area contributed by atoms with Gasteiger partial charge >= 0.3 is 5.69 Å². The third kappa shape index (κ3) is 4.53. The number of ether oxygens (including phenoxy) is 1. The average Bonchev–Trinajstić information content (AvgIpc) is 2.67. The van der Waals surface area contributed by atoms with Gasteiger partial charge in [0.1, 0.15) is 16.2 Å². The summed E-state index contributed by atoms with van der Waals surface area (Å²) in [4.78, 5) is 48.7. The predicted molar refractivity (Wildman–Crippen MR) is 111 cm³/mol. The molecule has 2 aromatic heterocycles. The number of hydrogen-bond acceptors (Lipinski definition) is 7. The minimum absolute atomic E-state index is 0.0117. The Bertz CT molecular complexity index is 1050. The first-order chi connectivity index (χ1) is 13.7. The molecule has 2 aromatic rings. The van der Waals surface area contributed by atoms with Crippen molar-refractivity contribution < 1.29 is 9.53 Å². The van der Waals surface area contributed by atoms with Crippen LogP contribution in [0, 0.1) is 12.8 Å². The highest BCUT2D eigenvalue weighted by Crippen LogP contribution is 2.23. The van der Waals surface area contributed by atoms with E-state index in [9.17, 15) is 14.4 Å². The Labute approximate surface area is 173 Å². The Kier molecular flexibility index (Phi) is 6.42. The van der Waals surface area contributed by atoms with Crippen molar-refractivity contribution in [1.29, 1.82) is 0 Å². The van der Waals surface area contributed by atoms with Gasteiger partial charge in [-0.1, -0.05) is 25.6 Å². The van der Waals surface area contributed by atoms with Crippen LogP contribution < -0.4 is 11.2 Å². The summed E-state index contributed by atoms with van der Waals surface area (Å²) in [6.45, 7) is 9.72. The summed E-state index contributed by atoms with van der Waals surface area (Å²) < 4.78 is 8.08. The second-order valence-electron chi connectivity index (χ2n) is 7.74. The van der Waals surface area contributed by atoms with Gasteiger partial charge in [-0.2, -0.15) is 0 Å². The number of aryl methyl sites for hydroxylation is 1. The number of rotatable bonds is 5. The molecule has 10 heteroatoms. The summed E-state index contributed by atoms with van der Waals surface area (Å²) in [6, 6.07) is 0. The highest BCUT2D eigenvalue weighted by Gasteiger charge is 2.23. The molecule has 0 saturated carbocycles. The maximum atomic E-state index is 12.9. The fourth-order valence-electron chi connectivity index (χ4n) is 3.34. The number of carbonyl (C=O) groups is 1. The number of fused-ring (bicyclic) bond motifs is 1. The average molecular weight is 422 g/mol. The quantitative estimate of drug-likeness (QED) is 0.520. The van der Waals surface area contributed by atoms with Gasteiger partial charge in [0.2, 0.25) is 5.91 Å². The molecule has 0 bridgehead atoms. The van der Waals surface area contributed by atoms with Crippen molar-refractivity contribution in [2.45, 2.75) is 45.4 Å². The lowest BCUT2D eigenvalue weighted by Crippen LogP contribution is -2.45. The van der Waals surface area contributed by atoms with E-state index in [0.29, 0.717) is 42.7 Å². The lowest BCUT2D eigenvalue weighted by molar-refractivity contribution is -0.135. The molecule has 1 atom stereocenters. The van der Waals surface area contributed by atoms with Crippen molar-refractivity contribution >= 4 is 28.7 Å². The highest BCUT2D eigenvalue weighted by atomic mass is 32.2. The van der Waals surface area contributed by atoms with Crippen molar-refractivity contribution in [3.8, 4) is 0 Å². The SMILES string of the molecule is Cc1nc(SCC(=O)N2CCO[C@H](C)C2)c2c(=O)n(C)c(=O)n(CC(C)C)c2n1. The van der Waals surface area contributed by atoms with Gasteiger partial charge in [0.25, 0.3) is 5.56 Å². The van der Waals surface area contributed by atoms with Crippen LogP contribution in [-0.2, 0) is 23.1 Å². The molecular formula is C19H27N5O4S. The number of aromatic nitrogens is 4. The zero-order valence-corrected chi connectivity index (χ0v) is 18.3. The van der Waals surface area contributed by atoms with Crippen LogP contribution in [0.15, 0.2) is 14.6 Å². The standard InChI is InChI=1S/C19H27N5O4S/c1-11(2)8-24-16-15(18(26)22(5)19(24)27)17(21-13(4)20-16)29-10-14(25)23-6-7-28-12(3)9-23/h11-12H,6-10H2,1-5H3/t12-/m1/s1. The minimum atomic E-state index is -0.444. The molecule has 1 fully saturated rings. The Balaban J connectivity index is 2.00. The molecule has 3 heterocycles. The molecule has 1 saturated heterocycles. The molecule has 0 aromatic carbocycles. The predicted octanol–water partition coefficient (Wildman–Crippen LogP) is 0.794. The molecule has 0 spiro atoms. The van der Waals surface area contributed by atoms with E-state index in [2.05, 4.69) is 9.97 Å². The molecule has 0 radical (unpaired) electrons. The summed E-state index contributed by atoms with van der Waals surface area (Å²) in [7, 11) is 1.45. The Morgan fingerprint density at radius 1 is 1.31 bits per heavy atom. The Hall–Kier alpha value is -2.20. The van der Waals surface area contributed by atoms with E-state index >= 15 is 0 Å². The molecule has 1 amide bonds. The molecule has 0 unspecified atom stereocenters. The van der Waals surface area contributed by atoms with Crippen molar-refractivity contribution in [1.82, 2.24) is 24.0 Å². The first kappa shape index (κ1) is 21.5. The lowest BCUT2D eigenvalue weighted by atomic mass is 10.2. The van der Waals surface area contributed by atoms with E-state index in [0.717, 1.165) is 4.57 Å². The molecule has 158 valence electrons. The van der Waals surface area contributed by atoms with Crippen molar-refractivity contribution in [2.75, 3.05) is 25.4 Å². The largest absolute Gasteiger partial charge is 0.375 e. The molecule has 0 N–H and O–H groups in total. The third-order valence-electron chi connectivity index (χ3n) is 4.73. The Morgan fingerprint density at radius 2 is 2.03 bits per heavy atom. The summed E-state index contributed by atoms with van der Waals surface area (Å²) in [5.41, 5.74) is -0.516. The van der Waals surface area contributed by atoms with Gasteiger partial charge in [-0.05, 0) is 19.8 Å². The van der Waals surface area contributed by atoms with Gasteiger partial charge in [-0.25, -0.2) is 14.8 Å². The summed E-state index contributed by atoms with van der Waals surface area (Å²) >= 11 is 1.21. The fourth-order valence-corrected chi connectivity index (χ4v) is 4.30. The third-order valence-corrected chi connectivity index (χ3v) is 5.69. The van der Waals surface area contributed by atoms with E-state index in [1.54, 1.807) is 11.8 Å². The first-order valence-electron chi connectivity index (χ1n) is 9.69. The van der Waals surface area contributed by atoms with Crippen LogP contribution in [0.2, 0.25) is 0 Å². The van der Waals surface area contributed by atoms with E-state index in [4.69, 9.17) is 4.74 Å². The number of carbonyl (C=O) groups excluding carboxylic acids is 1. The van der Waals surface area contributed by atoms with E-state index in [1.165, 1.54) is 23.4 Å². The van der Waals surface area contributed by atoms with Crippen molar-refractivity contribution in [2.24, 2.45) is 13.0 Å². The number of hydrogen-bond donors (Lipinski definition) is 0. The van der Waals surface area contributed by atoms with Crippen LogP contribution in [0.3, 0.4) is 0 Å². The topological polar surface area (TPSA) is 99.3 Å². The molecule has 0 aliphatic carbocycles. The van der Waals surface area contributed by atoms with Gasteiger partial charge in [0.15, 0.2) is 5.65 Å². The summed E-state index contributed by atoms with van der Waals surface area (Å²) in [5, 5.41) is 0.715. The van der Waals surface area contributed by atoms with Crippen LogP contribution in [0.1, 0.15) is 26.6 Å². The summed E-state index contributed by atoms with van der Waals surface area (Å²) in [6.07, 6.45) is 0.0117. The number of amides is 1. The molecule has 1 aliphatic rings. The van der Waals surface area contributed by atoms with Gasteiger partial charge in [-0.15, -0.1) is 0 Å². The molecule has 1 aliphatic heterocycles. The van der Waals surface area contributed by atoms with Crippen molar-refractivity contribution in [3.05, 3.63) is 26.7 Å². The molecular weight excluding hydrogens is 394 g/mol. The van der Waals surface area contributed by atoms with Crippen LogP contribution in [0.4, 0.5) is 0 Å². The zero-order chi connectivity index (χ0) is 21.3. The first-order valence-corrected chi connectivity index (χ1v) is 10.7. The molecule has 29 heavy (non-hydrogen) atoms. The number of thioether (sulfide) groups is 1. The van der Waals surface area contributed by atoms with Crippen LogP contribution >= 0.6 is 11.8 Å². The summed E-state index contributed by atoms with van der Waals surface area (Å²) in [5.74, 6) is 0.786. The van der Waals surface area contributed by atoms with Gasteiger partial charge in [0, 0.05) is 26.7 Å². The maximum absolute atomic E-state index is 12.9. The number of morpholine rings is 1. The van der Waals surface area contributed by atoms with Gasteiger partial charge in [-0.3, -0.25) is 18.7 Å². The normalized spacial score (nSPS) is 17.3. The highest BCUT2D eigenvalue weighted by molar-refractivity contribution is 8.00. The molecule has 3 rings (SSSR count). The van der Waals surface area contributed by atoms with Gasteiger partial charge in [0.05, 0.1) is 18.5 Å². The number of nitrogens with zero attached hydrogens (tertiary/aromatic N) is 5.